The number of halogens is 1. The molecule has 0 aliphatic rings. The van der Waals surface area contributed by atoms with Crippen molar-refractivity contribution in [3.05, 3.63) is 95.3 Å². The Morgan fingerprint density at radius 2 is 1.65 bits per heavy atom. The van der Waals surface area contributed by atoms with Crippen molar-refractivity contribution in [1.29, 1.82) is 0 Å². The molecule has 0 aliphatic carbocycles. The maximum Gasteiger partial charge on any atom is 0.228 e. The molecule has 0 saturated carbocycles. The summed E-state index contributed by atoms with van der Waals surface area (Å²) in [4.78, 5) is 12.1. The van der Waals surface area contributed by atoms with Crippen LogP contribution in [-0.4, -0.2) is 5.91 Å². The van der Waals surface area contributed by atoms with Gasteiger partial charge in [0.1, 0.15) is 5.82 Å². The Hall–Kier alpha value is -3.14. The summed E-state index contributed by atoms with van der Waals surface area (Å²) in [5.74, 6) is -0.603. The van der Waals surface area contributed by atoms with Crippen LogP contribution >= 0.6 is 0 Å². The number of amides is 1. The summed E-state index contributed by atoms with van der Waals surface area (Å²) in [6.45, 7) is 2.81. The molecule has 4 heteroatoms. The fourth-order valence-corrected chi connectivity index (χ4v) is 2.72. The predicted molar refractivity (Wildman–Crippen MR) is 104 cm³/mol. The number of rotatable bonds is 6. The second-order valence-electron chi connectivity index (χ2n) is 6.24. The summed E-state index contributed by atoms with van der Waals surface area (Å²) in [7, 11) is 0. The van der Waals surface area contributed by atoms with Crippen LogP contribution in [0.15, 0.2) is 72.8 Å². The van der Waals surface area contributed by atoms with E-state index < -0.39 is 0 Å². The quantitative estimate of drug-likeness (QED) is 0.663. The summed E-state index contributed by atoms with van der Waals surface area (Å²) < 4.78 is 13.6. The van der Waals surface area contributed by atoms with Crippen molar-refractivity contribution in [2.75, 3.05) is 10.6 Å². The van der Waals surface area contributed by atoms with Crippen LogP contribution in [-0.2, 0) is 17.8 Å². The predicted octanol–water partition coefficient (Wildman–Crippen LogP) is 4.93. The van der Waals surface area contributed by atoms with Crippen LogP contribution in [0.1, 0.15) is 16.7 Å². The number of anilines is 2. The van der Waals surface area contributed by atoms with E-state index in [2.05, 4.69) is 35.8 Å². The van der Waals surface area contributed by atoms with Crippen LogP contribution in [0.25, 0.3) is 0 Å². The zero-order valence-corrected chi connectivity index (χ0v) is 14.6. The Bertz CT molecular complexity index is 891. The third-order valence-corrected chi connectivity index (χ3v) is 4.06. The van der Waals surface area contributed by atoms with Gasteiger partial charge >= 0.3 is 0 Å². The molecule has 2 N–H and O–H groups in total. The van der Waals surface area contributed by atoms with Crippen LogP contribution < -0.4 is 10.6 Å². The third-order valence-electron chi connectivity index (χ3n) is 4.06. The molecule has 3 rings (SSSR count). The van der Waals surface area contributed by atoms with Gasteiger partial charge in [0, 0.05) is 17.9 Å². The summed E-state index contributed by atoms with van der Waals surface area (Å²) in [5, 5.41) is 6.15. The van der Waals surface area contributed by atoms with Gasteiger partial charge in [-0.2, -0.15) is 0 Å². The van der Waals surface area contributed by atoms with E-state index in [0.717, 1.165) is 12.2 Å². The van der Waals surface area contributed by atoms with Crippen LogP contribution in [0.4, 0.5) is 15.8 Å². The van der Waals surface area contributed by atoms with Crippen molar-refractivity contribution in [3.8, 4) is 0 Å². The molecular weight excluding hydrogens is 327 g/mol. The lowest BCUT2D eigenvalue weighted by Gasteiger charge is -2.09. The first-order chi connectivity index (χ1) is 12.6. The molecular formula is C22H21FN2O. The van der Waals surface area contributed by atoms with Crippen molar-refractivity contribution in [2.24, 2.45) is 0 Å². The van der Waals surface area contributed by atoms with Gasteiger partial charge < -0.3 is 10.6 Å². The fourth-order valence-electron chi connectivity index (χ4n) is 2.72. The maximum atomic E-state index is 13.6. The second kappa shape index (κ2) is 8.30. The van der Waals surface area contributed by atoms with E-state index in [9.17, 15) is 9.18 Å². The molecule has 0 fully saturated rings. The van der Waals surface area contributed by atoms with E-state index in [1.165, 1.54) is 17.2 Å². The molecule has 0 spiro atoms. The standard InChI is InChI=1S/C22H21FN2O/c1-16-5-4-6-17(13-16)15-24-19-9-11-20(12-10-19)25-22(26)14-18-7-2-3-8-21(18)23/h2-13,24H,14-15H2,1H3,(H,25,26). The first-order valence-electron chi connectivity index (χ1n) is 8.53. The lowest BCUT2D eigenvalue weighted by atomic mass is 10.1. The summed E-state index contributed by atoms with van der Waals surface area (Å²) in [5.41, 5.74) is 4.50. The number of carbonyl (C=O) groups excluding carboxylic acids is 1. The maximum absolute atomic E-state index is 13.6. The van der Waals surface area contributed by atoms with Gasteiger partial charge in [0.25, 0.3) is 0 Å². The van der Waals surface area contributed by atoms with Crippen LogP contribution in [0.5, 0.6) is 0 Å². The van der Waals surface area contributed by atoms with Crippen molar-refractivity contribution in [3.63, 3.8) is 0 Å². The van der Waals surface area contributed by atoms with Crippen molar-refractivity contribution >= 4 is 17.3 Å². The Kier molecular flexibility index (Phi) is 5.64. The van der Waals surface area contributed by atoms with Gasteiger partial charge in [0.2, 0.25) is 5.91 Å². The van der Waals surface area contributed by atoms with Gasteiger partial charge in [0.05, 0.1) is 6.42 Å². The minimum absolute atomic E-state index is 0.0139. The van der Waals surface area contributed by atoms with E-state index in [0.29, 0.717) is 11.3 Å². The van der Waals surface area contributed by atoms with E-state index in [4.69, 9.17) is 0 Å². The molecule has 0 unspecified atom stereocenters. The Morgan fingerprint density at radius 3 is 2.38 bits per heavy atom. The number of nitrogens with one attached hydrogen (secondary N) is 2. The SMILES string of the molecule is Cc1cccc(CNc2ccc(NC(=O)Cc3ccccc3F)cc2)c1. The monoisotopic (exact) mass is 348 g/mol. The first kappa shape index (κ1) is 17.7. The highest BCUT2D eigenvalue weighted by atomic mass is 19.1. The molecule has 3 aromatic rings. The van der Waals surface area contributed by atoms with Gasteiger partial charge in [-0.3, -0.25) is 4.79 Å². The summed E-state index contributed by atoms with van der Waals surface area (Å²) >= 11 is 0. The molecule has 3 nitrogen and oxygen atoms in total. The molecule has 0 saturated heterocycles. The molecule has 0 radical (unpaired) electrons. The number of hydrogen-bond acceptors (Lipinski definition) is 2. The zero-order valence-electron chi connectivity index (χ0n) is 14.6. The normalized spacial score (nSPS) is 10.4. The van der Waals surface area contributed by atoms with Gasteiger partial charge in [-0.1, -0.05) is 48.0 Å². The molecule has 0 aromatic heterocycles. The average molecular weight is 348 g/mol. The largest absolute Gasteiger partial charge is 0.381 e. The zero-order chi connectivity index (χ0) is 18.4. The minimum Gasteiger partial charge on any atom is -0.381 e. The first-order valence-corrected chi connectivity index (χ1v) is 8.53. The Balaban J connectivity index is 1.54. The average Bonchev–Trinajstić information content (AvgIpc) is 2.63. The van der Waals surface area contributed by atoms with E-state index in [1.54, 1.807) is 18.2 Å². The van der Waals surface area contributed by atoms with Crippen LogP contribution in [0.3, 0.4) is 0 Å². The summed E-state index contributed by atoms with van der Waals surface area (Å²) in [6.07, 6.45) is 0.0139. The molecule has 0 atom stereocenters. The van der Waals surface area contributed by atoms with E-state index in [1.807, 2.05) is 30.3 Å². The van der Waals surface area contributed by atoms with Gasteiger partial charge in [-0.15, -0.1) is 0 Å². The number of benzene rings is 3. The fraction of sp³-hybridized carbons (Fsp3) is 0.136. The second-order valence-corrected chi connectivity index (χ2v) is 6.24. The van der Waals surface area contributed by atoms with Crippen molar-refractivity contribution in [1.82, 2.24) is 0 Å². The highest BCUT2D eigenvalue weighted by molar-refractivity contribution is 5.92. The molecule has 1 amide bonds. The third kappa shape index (κ3) is 4.93. The lowest BCUT2D eigenvalue weighted by Crippen LogP contribution is -2.15. The lowest BCUT2D eigenvalue weighted by molar-refractivity contribution is -0.115. The molecule has 0 aliphatic heterocycles. The topological polar surface area (TPSA) is 41.1 Å². The van der Waals surface area contributed by atoms with Crippen molar-refractivity contribution < 1.29 is 9.18 Å². The highest BCUT2D eigenvalue weighted by Gasteiger charge is 2.08. The highest BCUT2D eigenvalue weighted by Crippen LogP contribution is 2.16. The minimum atomic E-state index is -0.363. The van der Waals surface area contributed by atoms with E-state index >= 15 is 0 Å². The number of hydrogen-bond donors (Lipinski definition) is 2. The van der Waals surface area contributed by atoms with Crippen LogP contribution in [0, 0.1) is 12.7 Å². The number of carbonyl (C=O) groups is 1. The Labute approximate surface area is 152 Å². The molecule has 132 valence electrons. The number of aryl methyl sites for hydroxylation is 1. The van der Waals surface area contributed by atoms with Gasteiger partial charge in [-0.05, 0) is 48.4 Å². The van der Waals surface area contributed by atoms with Gasteiger partial charge in [0.15, 0.2) is 0 Å². The van der Waals surface area contributed by atoms with E-state index in [-0.39, 0.29) is 18.1 Å². The Morgan fingerprint density at radius 1 is 0.923 bits per heavy atom. The summed E-state index contributed by atoms with van der Waals surface area (Å²) in [6, 6.07) is 22.1. The molecule has 0 bridgehead atoms. The molecule has 26 heavy (non-hydrogen) atoms. The van der Waals surface area contributed by atoms with Crippen molar-refractivity contribution in [2.45, 2.75) is 19.9 Å². The molecule has 3 aromatic carbocycles. The molecule has 0 heterocycles. The van der Waals surface area contributed by atoms with Gasteiger partial charge in [-0.25, -0.2) is 4.39 Å². The smallest absolute Gasteiger partial charge is 0.228 e. The van der Waals surface area contributed by atoms with Crippen LogP contribution in [0.2, 0.25) is 0 Å².